The molecule has 5 aromatic rings. The summed E-state index contributed by atoms with van der Waals surface area (Å²) in [6.07, 6.45) is 4.32. The number of rotatable bonds is 9. The van der Waals surface area contributed by atoms with Crippen LogP contribution in [-0.2, 0) is 6.54 Å². The maximum atomic E-state index is 14.1. The van der Waals surface area contributed by atoms with E-state index in [1.807, 2.05) is 24.3 Å². The summed E-state index contributed by atoms with van der Waals surface area (Å²) in [4.78, 5) is 35.9. The van der Waals surface area contributed by atoms with Crippen molar-refractivity contribution in [1.29, 1.82) is 0 Å². The van der Waals surface area contributed by atoms with Gasteiger partial charge in [0.05, 0.1) is 30.8 Å². The van der Waals surface area contributed by atoms with Gasteiger partial charge in [0.15, 0.2) is 0 Å². The summed E-state index contributed by atoms with van der Waals surface area (Å²) in [5.41, 5.74) is 6.58. The Morgan fingerprint density at radius 1 is 1.09 bits per heavy atom. The summed E-state index contributed by atoms with van der Waals surface area (Å²) < 4.78 is 7.76. The second-order valence-electron chi connectivity index (χ2n) is 12.1. The Bertz CT molecular complexity index is 1850. The third-order valence-electron chi connectivity index (χ3n) is 9.13. The van der Waals surface area contributed by atoms with E-state index < -0.39 is 0 Å². The number of nitrogens with one attached hydrogen (secondary N) is 2. The molecule has 1 aliphatic heterocycles. The van der Waals surface area contributed by atoms with Crippen LogP contribution in [0.15, 0.2) is 77.0 Å². The molecule has 1 saturated heterocycles. The van der Waals surface area contributed by atoms with E-state index in [0.29, 0.717) is 28.6 Å². The van der Waals surface area contributed by atoms with Crippen LogP contribution >= 0.6 is 11.3 Å². The summed E-state index contributed by atoms with van der Waals surface area (Å²) in [6.45, 7) is 5.84. The van der Waals surface area contributed by atoms with Gasteiger partial charge >= 0.3 is 0 Å². The number of hydrogen-bond acceptors (Lipinski definition) is 6. The molecule has 0 radical (unpaired) electrons. The maximum absolute atomic E-state index is 14.1. The Balaban J connectivity index is 1.47. The Hall–Kier alpha value is -4.18. The standard InChI is InChI=1S/C36H41N5O3S/c1-23-20-31(44-5)29(36(43)38-23)22-37-35(42)28-21-30-27(25-10-7-6-8-11-25)15-18-41(30)33(24(28)2)34(32-12-9-19-45-32)40-16-13-26(14-17-40)39(3)4/h6-12,15,18-21,26,34H,13-14,16-17,22H2,1-5H3,(H,37,42)(H,38,43). The number of aryl methyl sites for hydroxylation is 1. The third kappa shape index (κ3) is 6.08. The van der Waals surface area contributed by atoms with Crippen LogP contribution in [0.25, 0.3) is 16.6 Å². The second-order valence-corrected chi connectivity index (χ2v) is 13.1. The Morgan fingerprint density at radius 3 is 2.51 bits per heavy atom. The molecule has 1 aliphatic rings. The molecule has 1 unspecified atom stereocenters. The second kappa shape index (κ2) is 13.0. The lowest BCUT2D eigenvalue weighted by atomic mass is 9.95. The van der Waals surface area contributed by atoms with Crippen molar-refractivity contribution in [2.24, 2.45) is 0 Å². The molecule has 0 bridgehead atoms. The fourth-order valence-corrected chi connectivity index (χ4v) is 7.56. The third-order valence-corrected chi connectivity index (χ3v) is 10.1. The molecule has 1 atom stereocenters. The number of H-pyrrole nitrogens is 1. The molecule has 0 spiro atoms. The van der Waals surface area contributed by atoms with Crippen LogP contribution < -0.4 is 15.6 Å². The number of piperidine rings is 1. The van der Waals surface area contributed by atoms with Gasteiger partial charge in [-0.2, -0.15) is 0 Å². The Morgan fingerprint density at radius 2 is 1.84 bits per heavy atom. The normalized spacial score (nSPS) is 15.1. The lowest BCUT2D eigenvalue weighted by Gasteiger charge is -2.40. The number of aromatic nitrogens is 2. The van der Waals surface area contributed by atoms with E-state index in [4.69, 9.17) is 4.74 Å². The number of fused-ring (bicyclic) bond motifs is 1. The fraction of sp³-hybridized carbons (Fsp3) is 0.333. The summed E-state index contributed by atoms with van der Waals surface area (Å²) in [5.74, 6) is 0.232. The highest BCUT2D eigenvalue weighted by molar-refractivity contribution is 7.10. The van der Waals surface area contributed by atoms with E-state index in [2.05, 4.69) is 87.4 Å². The molecule has 1 amide bonds. The molecule has 2 N–H and O–H groups in total. The van der Waals surface area contributed by atoms with Gasteiger partial charge in [-0.15, -0.1) is 11.3 Å². The Labute approximate surface area is 268 Å². The van der Waals surface area contributed by atoms with Gasteiger partial charge in [0.25, 0.3) is 11.5 Å². The number of hydrogen-bond donors (Lipinski definition) is 2. The zero-order valence-corrected chi connectivity index (χ0v) is 27.4. The molecule has 234 valence electrons. The van der Waals surface area contributed by atoms with Gasteiger partial charge in [0.1, 0.15) is 5.75 Å². The average molecular weight is 624 g/mol. The first kappa shape index (κ1) is 30.8. The first-order valence-corrected chi connectivity index (χ1v) is 16.3. The summed E-state index contributed by atoms with van der Waals surface area (Å²) in [7, 11) is 5.86. The zero-order chi connectivity index (χ0) is 31.7. The molecule has 5 heterocycles. The van der Waals surface area contributed by atoms with Crippen LogP contribution in [0.4, 0.5) is 0 Å². The molecule has 8 nitrogen and oxygen atoms in total. The number of likely N-dealkylation sites (tertiary alicyclic amines) is 1. The fourth-order valence-electron chi connectivity index (χ4n) is 6.69. The van der Waals surface area contributed by atoms with Gasteiger partial charge in [-0.1, -0.05) is 36.4 Å². The molecule has 6 rings (SSSR count). The van der Waals surface area contributed by atoms with Crippen molar-refractivity contribution in [2.45, 2.75) is 45.3 Å². The Kier molecular flexibility index (Phi) is 8.94. The van der Waals surface area contributed by atoms with Crippen LogP contribution in [0.1, 0.15) is 56.6 Å². The zero-order valence-electron chi connectivity index (χ0n) is 26.6. The van der Waals surface area contributed by atoms with Crippen LogP contribution in [0.5, 0.6) is 5.75 Å². The molecular weight excluding hydrogens is 582 g/mol. The smallest absolute Gasteiger partial charge is 0.256 e. The summed E-state index contributed by atoms with van der Waals surface area (Å²) >= 11 is 1.76. The van der Waals surface area contributed by atoms with Crippen LogP contribution in [0, 0.1) is 13.8 Å². The topological polar surface area (TPSA) is 82.1 Å². The van der Waals surface area contributed by atoms with E-state index >= 15 is 0 Å². The van der Waals surface area contributed by atoms with Gasteiger partial charge in [-0.25, -0.2) is 0 Å². The van der Waals surface area contributed by atoms with Gasteiger partial charge < -0.3 is 24.3 Å². The van der Waals surface area contributed by atoms with Crippen molar-refractivity contribution < 1.29 is 9.53 Å². The number of ether oxygens (including phenoxy) is 1. The predicted molar refractivity (Wildman–Crippen MR) is 182 cm³/mol. The van der Waals surface area contributed by atoms with E-state index in [9.17, 15) is 9.59 Å². The van der Waals surface area contributed by atoms with E-state index in [-0.39, 0.29) is 24.1 Å². The number of thiophene rings is 1. The number of nitrogens with zero attached hydrogens (tertiary/aromatic N) is 3. The van der Waals surface area contributed by atoms with Crippen LogP contribution in [0.3, 0.4) is 0 Å². The van der Waals surface area contributed by atoms with E-state index in [1.165, 1.54) is 12.0 Å². The first-order chi connectivity index (χ1) is 21.8. The minimum Gasteiger partial charge on any atom is -0.496 e. The molecular formula is C36H41N5O3S. The number of aromatic amines is 1. The highest BCUT2D eigenvalue weighted by atomic mass is 32.1. The number of carbonyl (C=O) groups is 1. The van der Waals surface area contributed by atoms with Crippen molar-refractivity contribution in [2.75, 3.05) is 34.3 Å². The number of carbonyl (C=O) groups excluding carboxylic acids is 1. The van der Waals surface area contributed by atoms with Crippen LogP contribution in [0.2, 0.25) is 0 Å². The lowest BCUT2D eigenvalue weighted by molar-refractivity contribution is 0.0949. The number of benzene rings is 1. The summed E-state index contributed by atoms with van der Waals surface area (Å²) in [5, 5.41) is 5.18. The minimum atomic E-state index is -0.267. The highest BCUT2D eigenvalue weighted by Crippen LogP contribution is 2.39. The molecule has 45 heavy (non-hydrogen) atoms. The molecule has 4 aromatic heterocycles. The summed E-state index contributed by atoms with van der Waals surface area (Å²) in [6, 6.07) is 21.1. The van der Waals surface area contributed by atoms with Crippen molar-refractivity contribution in [1.82, 2.24) is 24.5 Å². The highest BCUT2D eigenvalue weighted by Gasteiger charge is 2.33. The van der Waals surface area contributed by atoms with Gasteiger partial charge in [-0.3, -0.25) is 14.5 Å². The van der Waals surface area contributed by atoms with Crippen molar-refractivity contribution in [3.05, 3.63) is 116 Å². The van der Waals surface area contributed by atoms with E-state index in [0.717, 1.165) is 53.8 Å². The largest absolute Gasteiger partial charge is 0.496 e. The van der Waals surface area contributed by atoms with Crippen molar-refractivity contribution >= 4 is 22.8 Å². The average Bonchev–Trinajstić information content (AvgIpc) is 3.72. The predicted octanol–water partition coefficient (Wildman–Crippen LogP) is 6.03. The van der Waals surface area contributed by atoms with Crippen molar-refractivity contribution in [3.63, 3.8) is 0 Å². The first-order valence-electron chi connectivity index (χ1n) is 15.5. The van der Waals surface area contributed by atoms with E-state index in [1.54, 1.807) is 24.3 Å². The minimum absolute atomic E-state index is 0.0144. The van der Waals surface area contributed by atoms with Gasteiger partial charge in [-0.05, 0) is 81.6 Å². The molecule has 9 heteroatoms. The van der Waals surface area contributed by atoms with Crippen molar-refractivity contribution in [3.8, 4) is 16.9 Å². The lowest BCUT2D eigenvalue weighted by Crippen LogP contribution is -2.44. The molecule has 1 fully saturated rings. The molecule has 0 saturated carbocycles. The monoisotopic (exact) mass is 623 g/mol. The molecule has 0 aliphatic carbocycles. The quantitative estimate of drug-likeness (QED) is 0.210. The van der Waals surface area contributed by atoms with Gasteiger partial charge in [0.2, 0.25) is 0 Å². The SMILES string of the molecule is COc1cc(C)[nH]c(=O)c1CNC(=O)c1cc2c(-c3ccccc3)ccn2c(C(c2cccs2)N2CCC(N(C)C)CC2)c1C. The van der Waals surface area contributed by atoms with Gasteiger partial charge in [0, 0.05) is 52.7 Å². The maximum Gasteiger partial charge on any atom is 0.256 e. The number of methoxy groups -OCH3 is 1. The number of pyridine rings is 2. The molecule has 1 aromatic carbocycles. The number of amides is 1. The van der Waals surface area contributed by atoms with Crippen LogP contribution in [-0.4, -0.2) is 65.4 Å².